The van der Waals surface area contributed by atoms with Crippen molar-refractivity contribution in [2.75, 3.05) is 6.61 Å². The second kappa shape index (κ2) is 15.8. The number of unbranched alkanes of at least 4 members (excludes halogenated alkanes) is 7. The van der Waals surface area contributed by atoms with Gasteiger partial charge < -0.3 is 9.53 Å². The Labute approximate surface area is 219 Å². The number of benzene rings is 2. The number of ketones is 1. The van der Waals surface area contributed by atoms with Gasteiger partial charge in [-0.2, -0.15) is 0 Å². The van der Waals surface area contributed by atoms with Crippen LogP contribution in [-0.2, 0) is 14.0 Å². The second-order valence-corrected chi connectivity index (χ2v) is 15.2. The molecule has 0 saturated carbocycles. The van der Waals surface area contributed by atoms with Gasteiger partial charge in [0.2, 0.25) is 0 Å². The third kappa shape index (κ3) is 9.66. The van der Waals surface area contributed by atoms with Crippen LogP contribution >= 0.6 is 0 Å². The van der Waals surface area contributed by atoms with Crippen LogP contribution in [0.1, 0.15) is 97.8 Å². The molecule has 0 amide bonds. The number of carboxylic acid groups (broad SMARTS) is 1. The Hall–Kier alpha value is -2.24. The average molecular weight is 511 g/mol. The standard InChI is InChI=1S/C31H46O4Si/c1-31(2,3)36(28-21-13-9-14-22-28,29-23-15-10-16-24-29)35-26-18-7-5-4-6-11-19-27(32)20-12-8-17-25-30(33)34/h9-10,13-16,21-24H,4-8,11-12,17-20,25-26H2,1-3H3,(H,33,34). The fourth-order valence-corrected chi connectivity index (χ4v) is 9.62. The van der Waals surface area contributed by atoms with E-state index >= 15 is 0 Å². The number of aliphatic carboxylic acids is 1. The lowest BCUT2D eigenvalue weighted by Crippen LogP contribution is -2.66. The van der Waals surface area contributed by atoms with E-state index in [9.17, 15) is 9.59 Å². The highest BCUT2D eigenvalue weighted by atomic mass is 28.4. The van der Waals surface area contributed by atoms with Crippen molar-refractivity contribution in [1.29, 1.82) is 0 Å². The largest absolute Gasteiger partial charge is 0.481 e. The number of carboxylic acids is 1. The van der Waals surface area contributed by atoms with Gasteiger partial charge in [0.05, 0.1) is 0 Å². The van der Waals surface area contributed by atoms with E-state index in [4.69, 9.17) is 9.53 Å². The molecule has 0 heterocycles. The Bertz CT molecular complexity index is 850. The zero-order valence-corrected chi connectivity index (χ0v) is 23.6. The molecule has 0 saturated heterocycles. The Balaban J connectivity index is 1.73. The number of rotatable bonds is 18. The number of Topliss-reactive ketones (excluding diaryl/α,β-unsaturated/α-hetero) is 1. The Kier molecular flexibility index (Phi) is 13.1. The molecule has 0 fully saturated rings. The monoisotopic (exact) mass is 510 g/mol. The van der Waals surface area contributed by atoms with Gasteiger partial charge in [-0.25, -0.2) is 0 Å². The van der Waals surface area contributed by atoms with E-state index in [1.807, 2.05) is 0 Å². The van der Waals surface area contributed by atoms with Gasteiger partial charge in [0.15, 0.2) is 0 Å². The summed E-state index contributed by atoms with van der Waals surface area (Å²) in [6.07, 6.45) is 10.4. The lowest BCUT2D eigenvalue weighted by Gasteiger charge is -2.43. The molecule has 2 aromatic carbocycles. The zero-order chi connectivity index (χ0) is 26.3. The minimum absolute atomic E-state index is 0.0124. The molecule has 0 aliphatic heterocycles. The van der Waals surface area contributed by atoms with Gasteiger partial charge in [-0.1, -0.05) is 114 Å². The summed E-state index contributed by atoms with van der Waals surface area (Å²) in [4.78, 5) is 22.5. The molecule has 0 radical (unpaired) electrons. The summed E-state index contributed by atoms with van der Waals surface area (Å²) in [7, 11) is -2.43. The number of hydrogen-bond acceptors (Lipinski definition) is 3. The molecule has 0 unspecified atom stereocenters. The fourth-order valence-electron chi connectivity index (χ4n) is 5.02. The van der Waals surface area contributed by atoms with Gasteiger partial charge in [-0.15, -0.1) is 0 Å². The van der Waals surface area contributed by atoms with Crippen LogP contribution in [0, 0.1) is 0 Å². The summed E-state index contributed by atoms with van der Waals surface area (Å²) in [6.45, 7) is 7.72. The van der Waals surface area contributed by atoms with E-state index in [1.165, 1.54) is 16.8 Å². The molecule has 36 heavy (non-hydrogen) atoms. The molecule has 2 rings (SSSR count). The van der Waals surface area contributed by atoms with Crippen LogP contribution in [0.5, 0.6) is 0 Å². The Morgan fingerprint density at radius 2 is 1.08 bits per heavy atom. The van der Waals surface area contributed by atoms with E-state index in [1.54, 1.807) is 0 Å². The third-order valence-electron chi connectivity index (χ3n) is 6.93. The highest BCUT2D eigenvalue weighted by Crippen LogP contribution is 2.36. The molecule has 0 aliphatic rings. The van der Waals surface area contributed by atoms with Crippen LogP contribution in [0.15, 0.2) is 60.7 Å². The van der Waals surface area contributed by atoms with Crippen LogP contribution in [0.4, 0.5) is 0 Å². The predicted molar refractivity (Wildman–Crippen MR) is 152 cm³/mol. The zero-order valence-electron chi connectivity index (χ0n) is 22.6. The van der Waals surface area contributed by atoms with Crippen molar-refractivity contribution < 1.29 is 19.1 Å². The van der Waals surface area contributed by atoms with Gasteiger partial charge in [0.1, 0.15) is 5.78 Å². The summed E-state index contributed by atoms with van der Waals surface area (Å²) in [5.74, 6) is -0.431. The van der Waals surface area contributed by atoms with Crippen molar-refractivity contribution in [1.82, 2.24) is 0 Å². The Morgan fingerprint density at radius 3 is 1.56 bits per heavy atom. The SMILES string of the molecule is CC(C)(C)[Si](OCCCCCCCCC(=O)CCCCCC(=O)O)(c1ccccc1)c1ccccc1. The molecular weight excluding hydrogens is 464 g/mol. The first-order valence-corrected chi connectivity index (χ1v) is 15.7. The molecule has 0 aromatic heterocycles. The lowest BCUT2D eigenvalue weighted by atomic mass is 10.0. The average Bonchev–Trinajstić information content (AvgIpc) is 2.85. The summed E-state index contributed by atoms with van der Waals surface area (Å²) in [6, 6.07) is 21.6. The minimum Gasteiger partial charge on any atom is -0.481 e. The van der Waals surface area contributed by atoms with Gasteiger partial charge in [0, 0.05) is 25.9 Å². The molecule has 2 aromatic rings. The maximum atomic E-state index is 12.0. The van der Waals surface area contributed by atoms with Gasteiger partial charge >= 0.3 is 5.97 Å². The molecular formula is C31H46O4Si. The summed E-state index contributed by atoms with van der Waals surface area (Å²) < 4.78 is 6.96. The van der Waals surface area contributed by atoms with Gasteiger partial charge in [-0.3, -0.25) is 9.59 Å². The lowest BCUT2D eigenvalue weighted by molar-refractivity contribution is -0.137. The first-order valence-electron chi connectivity index (χ1n) is 13.8. The van der Waals surface area contributed by atoms with Gasteiger partial charge in [-0.05, 0) is 41.1 Å². The van der Waals surface area contributed by atoms with Crippen LogP contribution in [-0.4, -0.2) is 31.8 Å². The molecule has 5 heteroatoms. The van der Waals surface area contributed by atoms with E-state index in [-0.39, 0.29) is 11.5 Å². The van der Waals surface area contributed by atoms with Crippen molar-refractivity contribution >= 4 is 30.4 Å². The normalized spacial score (nSPS) is 12.0. The second-order valence-electron chi connectivity index (χ2n) is 10.9. The first kappa shape index (κ1) is 30.0. The first-order chi connectivity index (χ1) is 17.3. The van der Waals surface area contributed by atoms with Gasteiger partial charge in [0.25, 0.3) is 8.32 Å². The van der Waals surface area contributed by atoms with Crippen LogP contribution in [0.3, 0.4) is 0 Å². The molecule has 0 aliphatic carbocycles. The van der Waals surface area contributed by atoms with Crippen molar-refractivity contribution in [2.45, 2.75) is 103 Å². The number of hydrogen-bond donors (Lipinski definition) is 1. The maximum absolute atomic E-state index is 12.0. The topological polar surface area (TPSA) is 63.6 Å². The van der Waals surface area contributed by atoms with E-state index in [0.717, 1.165) is 51.6 Å². The molecule has 198 valence electrons. The highest BCUT2D eigenvalue weighted by molar-refractivity contribution is 6.99. The molecule has 4 nitrogen and oxygen atoms in total. The smallest absolute Gasteiger partial charge is 0.303 e. The third-order valence-corrected chi connectivity index (χ3v) is 12.0. The fraction of sp³-hybridized carbons (Fsp3) is 0.548. The molecule has 0 spiro atoms. The highest BCUT2D eigenvalue weighted by Gasteiger charge is 2.49. The number of carbonyl (C=O) groups excluding carboxylic acids is 1. The molecule has 0 atom stereocenters. The van der Waals surface area contributed by atoms with Crippen LogP contribution in [0.2, 0.25) is 5.04 Å². The van der Waals surface area contributed by atoms with E-state index < -0.39 is 14.3 Å². The van der Waals surface area contributed by atoms with Crippen molar-refractivity contribution in [2.24, 2.45) is 0 Å². The van der Waals surface area contributed by atoms with Crippen LogP contribution < -0.4 is 10.4 Å². The Morgan fingerprint density at radius 1 is 0.667 bits per heavy atom. The predicted octanol–water partition coefficient (Wildman–Crippen LogP) is 6.90. The number of carbonyl (C=O) groups is 2. The summed E-state index contributed by atoms with van der Waals surface area (Å²) >= 11 is 0. The van der Waals surface area contributed by atoms with E-state index in [0.29, 0.717) is 25.0 Å². The van der Waals surface area contributed by atoms with Crippen molar-refractivity contribution in [3.8, 4) is 0 Å². The van der Waals surface area contributed by atoms with E-state index in [2.05, 4.69) is 81.4 Å². The van der Waals surface area contributed by atoms with Crippen molar-refractivity contribution in [3.63, 3.8) is 0 Å². The maximum Gasteiger partial charge on any atom is 0.303 e. The van der Waals surface area contributed by atoms with Crippen molar-refractivity contribution in [3.05, 3.63) is 60.7 Å². The summed E-state index contributed by atoms with van der Waals surface area (Å²) in [5.41, 5.74) is 0. The summed E-state index contributed by atoms with van der Waals surface area (Å²) in [5, 5.41) is 11.3. The molecule has 0 bridgehead atoms. The van der Waals surface area contributed by atoms with Crippen LogP contribution in [0.25, 0.3) is 0 Å². The minimum atomic E-state index is -2.43. The molecule has 1 N–H and O–H groups in total. The quantitative estimate of drug-likeness (QED) is 0.175.